The van der Waals surface area contributed by atoms with Crippen LogP contribution >= 0.6 is 0 Å². The van der Waals surface area contributed by atoms with Crippen molar-refractivity contribution in [2.45, 2.75) is 38.6 Å². The monoisotopic (exact) mass is 262 g/mol. The maximum absolute atomic E-state index is 9.26. The first-order valence-corrected chi connectivity index (χ1v) is 7.22. The number of rotatable bonds is 3. The summed E-state index contributed by atoms with van der Waals surface area (Å²) in [6, 6.07) is 9.07. The molecule has 0 aliphatic carbocycles. The van der Waals surface area contributed by atoms with Crippen LogP contribution in [0, 0.1) is 0 Å². The number of hydrogen-bond donors (Lipinski definition) is 2. The van der Waals surface area contributed by atoms with Crippen LogP contribution in [-0.4, -0.2) is 37.4 Å². The zero-order valence-electron chi connectivity index (χ0n) is 12.3. The summed E-state index contributed by atoms with van der Waals surface area (Å²) >= 11 is 0. The van der Waals surface area contributed by atoms with E-state index in [-0.39, 0.29) is 12.0 Å². The number of nitrogens with zero attached hydrogens (tertiary/aromatic N) is 1. The van der Waals surface area contributed by atoms with Crippen molar-refractivity contribution in [1.82, 2.24) is 5.32 Å². The number of hydrogen-bond acceptors (Lipinski definition) is 3. The van der Waals surface area contributed by atoms with Gasteiger partial charge in [0.05, 0.1) is 0 Å². The van der Waals surface area contributed by atoms with Crippen LogP contribution in [0.15, 0.2) is 24.3 Å². The summed E-state index contributed by atoms with van der Waals surface area (Å²) in [4.78, 5) is 2.47. The van der Waals surface area contributed by atoms with Crippen LogP contribution in [0.25, 0.3) is 0 Å². The van der Waals surface area contributed by atoms with Crippen molar-refractivity contribution in [3.63, 3.8) is 0 Å². The first-order valence-electron chi connectivity index (χ1n) is 7.22. The number of benzene rings is 1. The van der Waals surface area contributed by atoms with Gasteiger partial charge in [0.1, 0.15) is 0 Å². The molecule has 1 saturated heterocycles. The van der Waals surface area contributed by atoms with E-state index >= 15 is 0 Å². The Hall–Kier alpha value is -1.06. The molecule has 19 heavy (non-hydrogen) atoms. The molecule has 106 valence electrons. The van der Waals surface area contributed by atoms with Gasteiger partial charge < -0.3 is 15.3 Å². The summed E-state index contributed by atoms with van der Waals surface area (Å²) in [6.45, 7) is 10.0. The quantitative estimate of drug-likeness (QED) is 0.876. The van der Waals surface area contributed by atoms with Crippen molar-refractivity contribution in [3.05, 3.63) is 29.8 Å². The SMILES string of the molecule is CC(C)(C)c1ccccc1N1CCNCC1CCO. The van der Waals surface area contributed by atoms with Crippen LogP contribution in [0.4, 0.5) is 5.69 Å². The Morgan fingerprint density at radius 2 is 2.05 bits per heavy atom. The van der Waals surface area contributed by atoms with Crippen molar-refractivity contribution >= 4 is 5.69 Å². The summed E-state index contributed by atoms with van der Waals surface area (Å²) in [6.07, 6.45) is 0.825. The average Bonchev–Trinajstić information content (AvgIpc) is 2.39. The number of nitrogens with one attached hydrogen (secondary N) is 1. The molecular formula is C16H26N2O. The normalized spacial score (nSPS) is 20.6. The fourth-order valence-corrected chi connectivity index (χ4v) is 2.84. The lowest BCUT2D eigenvalue weighted by Crippen LogP contribution is -2.52. The molecular weight excluding hydrogens is 236 g/mol. The van der Waals surface area contributed by atoms with Gasteiger partial charge in [-0.3, -0.25) is 0 Å². The second kappa shape index (κ2) is 5.93. The highest BCUT2D eigenvalue weighted by molar-refractivity contribution is 5.57. The van der Waals surface area contributed by atoms with E-state index in [4.69, 9.17) is 0 Å². The second-order valence-corrected chi connectivity index (χ2v) is 6.33. The molecule has 0 radical (unpaired) electrons. The topological polar surface area (TPSA) is 35.5 Å². The number of para-hydroxylation sites is 1. The Morgan fingerprint density at radius 1 is 1.32 bits per heavy atom. The van der Waals surface area contributed by atoms with Gasteiger partial charge in [0.25, 0.3) is 0 Å². The molecule has 0 aromatic heterocycles. The molecule has 1 aliphatic heterocycles. The van der Waals surface area contributed by atoms with Crippen LogP contribution in [0.5, 0.6) is 0 Å². The molecule has 0 amide bonds. The fourth-order valence-electron chi connectivity index (χ4n) is 2.84. The van der Waals surface area contributed by atoms with Gasteiger partial charge in [-0.05, 0) is 23.5 Å². The Labute approximate surface area is 116 Å². The molecule has 1 aliphatic rings. The van der Waals surface area contributed by atoms with Crippen LogP contribution < -0.4 is 10.2 Å². The fraction of sp³-hybridized carbons (Fsp3) is 0.625. The van der Waals surface area contributed by atoms with Crippen molar-refractivity contribution < 1.29 is 5.11 Å². The molecule has 0 spiro atoms. The average molecular weight is 262 g/mol. The van der Waals surface area contributed by atoms with Gasteiger partial charge in [-0.15, -0.1) is 0 Å². The number of piperazine rings is 1. The molecule has 3 nitrogen and oxygen atoms in total. The molecule has 2 rings (SSSR count). The molecule has 0 bridgehead atoms. The molecule has 1 heterocycles. The van der Waals surface area contributed by atoms with E-state index in [0.717, 1.165) is 26.1 Å². The van der Waals surface area contributed by atoms with E-state index in [0.29, 0.717) is 6.04 Å². The minimum atomic E-state index is 0.144. The standard InChI is InChI=1S/C16H26N2O/c1-16(2,3)14-6-4-5-7-15(14)18-10-9-17-12-13(18)8-11-19/h4-7,13,17,19H,8-12H2,1-3H3. The lowest BCUT2D eigenvalue weighted by molar-refractivity contribution is 0.265. The highest BCUT2D eigenvalue weighted by atomic mass is 16.3. The van der Waals surface area contributed by atoms with E-state index in [9.17, 15) is 5.11 Å². The van der Waals surface area contributed by atoms with E-state index in [1.54, 1.807) is 0 Å². The van der Waals surface area contributed by atoms with Crippen molar-refractivity contribution in [3.8, 4) is 0 Å². The van der Waals surface area contributed by atoms with Crippen LogP contribution in [-0.2, 0) is 5.41 Å². The minimum Gasteiger partial charge on any atom is -0.396 e. The minimum absolute atomic E-state index is 0.144. The zero-order chi connectivity index (χ0) is 13.9. The first kappa shape index (κ1) is 14.4. The summed E-state index contributed by atoms with van der Waals surface area (Å²) in [7, 11) is 0. The summed E-state index contributed by atoms with van der Waals surface area (Å²) in [5, 5.41) is 12.7. The number of aliphatic hydroxyl groups excluding tert-OH is 1. The highest BCUT2D eigenvalue weighted by Gasteiger charge is 2.26. The predicted molar refractivity (Wildman–Crippen MR) is 80.8 cm³/mol. The molecule has 1 aromatic rings. The Balaban J connectivity index is 2.33. The molecule has 1 unspecified atom stereocenters. The predicted octanol–water partition coefficient (Wildman–Crippen LogP) is 2.14. The summed E-state index contributed by atoms with van der Waals surface area (Å²) in [5.74, 6) is 0. The van der Waals surface area contributed by atoms with Crippen molar-refractivity contribution in [2.75, 3.05) is 31.1 Å². The molecule has 1 fully saturated rings. The van der Waals surface area contributed by atoms with E-state index < -0.39 is 0 Å². The lowest BCUT2D eigenvalue weighted by atomic mass is 9.85. The molecule has 1 aromatic carbocycles. The van der Waals surface area contributed by atoms with Gasteiger partial charge in [0.2, 0.25) is 0 Å². The Kier molecular flexibility index (Phi) is 4.48. The van der Waals surface area contributed by atoms with E-state index in [1.165, 1.54) is 11.3 Å². The van der Waals surface area contributed by atoms with Crippen LogP contribution in [0.1, 0.15) is 32.8 Å². The van der Waals surface area contributed by atoms with Crippen LogP contribution in [0.2, 0.25) is 0 Å². The third-order valence-corrected chi connectivity index (χ3v) is 3.83. The third-order valence-electron chi connectivity index (χ3n) is 3.83. The number of anilines is 1. The van der Waals surface area contributed by atoms with E-state index in [2.05, 4.69) is 55.3 Å². The van der Waals surface area contributed by atoms with Gasteiger partial charge in [0, 0.05) is 38.0 Å². The maximum atomic E-state index is 9.26. The number of aliphatic hydroxyl groups is 1. The molecule has 3 heteroatoms. The largest absolute Gasteiger partial charge is 0.396 e. The smallest absolute Gasteiger partial charge is 0.0451 e. The zero-order valence-corrected chi connectivity index (χ0v) is 12.3. The van der Waals surface area contributed by atoms with Crippen LogP contribution in [0.3, 0.4) is 0 Å². The third kappa shape index (κ3) is 3.28. The second-order valence-electron chi connectivity index (χ2n) is 6.33. The summed E-state index contributed by atoms with van der Waals surface area (Å²) in [5.41, 5.74) is 2.86. The van der Waals surface area contributed by atoms with Crippen molar-refractivity contribution in [2.24, 2.45) is 0 Å². The Morgan fingerprint density at radius 3 is 2.74 bits per heavy atom. The lowest BCUT2D eigenvalue weighted by Gasteiger charge is -2.40. The summed E-state index contributed by atoms with van der Waals surface area (Å²) < 4.78 is 0. The van der Waals surface area contributed by atoms with Gasteiger partial charge in [0.15, 0.2) is 0 Å². The maximum Gasteiger partial charge on any atom is 0.0451 e. The Bertz CT molecular complexity index is 409. The van der Waals surface area contributed by atoms with E-state index in [1.807, 2.05) is 0 Å². The van der Waals surface area contributed by atoms with Gasteiger partial charge >= 0.3 is 0 Å². The van der Waals surface area contributed by atoms with Gasteiger partial charge in [-0.25, -0.2) is 0 Å². The molecule has 1 atom stereocenters. The van der Waals surface area contributed by atoms with Gasteiger partial charge in [-0.1, -0.05) is 39.0 Å². The highest BCUT2D eigenvalue weighted by Crippen LogP contribution is 2.33. The van der Waals surface area contributed by atoms with Crippen molar-refractivity contribution in [1.29, 1.82) is 0 Å². The first-order chi connectivity index (χ1) is 9.04. The molecule has 0 saturated carbocycles. The van der Waals surface area contributed by atoms with Gasteiger partial charge in [-0.2, -0.15) is 0 Å². The molecule has 2 N–H and O–H groups in total.